The molecule has 88 valence electrons. The molecule has 0 bridgehead atoms. The third-order valence-electron chi connectivity index (χ3n) is 2.67. The Morgan fingerprint density at radius 2 is 2.06 bits per heavy atom. The first-order chi connectivity index (χ1) is 7.62. The summed E-state index contributed by atoms with van der Waals surface area (Å²) in [4.78, 5) is 0. The normalized spacial score (nSPS) is 15.9. The minimum absolute atomic E-state index is 0.0482. The Bertz CT molecular complexity index is 350. The van der Waals surface area contributed by atoms with Crippen LogP contribution in [-0.2, 0) is 5.54 Å². The lowest BCUT2D eigenvalue weighted by Crippen LogP contribution is -2.43. The number of aliphatic hydroxyl groups is 1. The zero-order valence-electron chi connectivity index (χ0n) is 9.70. The van der Waals surface area contributed by atoms with Crippen LogP contribution in [0.3, 0.4) is 0 Å². The molecule has 0 radical (unpaired) electrons. The fraction of sp³-hybridized carbons (Fsp3) is 0.385. The zero-order valence-corrected chi connectivity index (χ0v) is 10.5. The van der Waals surface area contributed by atoms with E-state index in [0.29, 0.717) is 6.54 Å². The van der Waals surface area contributed by atoms with Crippen molar-refractivity contribution in [3.63, 3.8) is 0 Å². The summed E-state index contributed by atoms with van der Waals surface area (Å²) in [5.41, 5.74) is 3.23. The molecule has 1 aromatic rings. The quantitative estimate of drug-likeness (QED) is 0.828. The minimum Gasteiger partial charge on any atom is -0.394 e. The summed E-state index contributed by atoms with van der Waals surface area (Å²) in [5, 5.41) is 12.8. The van der Waals surface area contributed by atoms with Crippen LogP contribution in [0.15, 0.2) is 41.4 Å². The van der Waals surface area contributed by atoms with Crippen molar-refractivity contribution in [1.82, 2.24) is 5.32 Å². The Kier molecular flexibility index (Phi) is 5.00. The Morgan fingerprint density at radius 3 is 2.56 bits per heavy atom. The molecule has 2 N–H and O–H groups in total. The molecule has 16 heavy (non-hydrogen) atoms. The van der Waals surface area contributed by atoms with Gasteiger partial charge in [0.15, 0.2) is 0 Å². The van der Waals surface area contributed by atoms with Gasteiger partial charge in [0.05, 0.1) is 12.1 Å². The molecule has 1 rings (SSSR count). The van der Waals surface area contributed by atoms with Crippen molar-refractivity contribution in [1.29, 1.82) is 0 Å². The van der Waals surface area contributed by atoms with Gasteiger partial charge in [-0.05, 0) is 25.0 Å². The fourth-order valence-corrected chi connectivity index (χ4v) is 1.51. The van der Waals surface area contributed by atoms with Crippen molar-refractivity contribution in [3.05, 3.63) is 47.0 Å². The second-order valence-corrected chi connectivity index (χ2v) is 4.38. The molecule has 0 saturated carbocycles. The number of benzene rings is 1. The van der Waals surface area contributed by atoms with Gasteiger partial charge in [-0.15, -0.1) is 0 Å². The molecule has 1 atom stereocenters. The molecule has 0 aliphatic heterocycles. The number of hydrogen-bond acceptors (Lipinski definition) is 2. The summed E-state index contributed by atoms with van der Waals surface area (Å²) in [5.74, 6) is 0. The monoisotopic (exact) mass is 239 g/mol. The summed E-state index contributed by atoms with van der Waals surface area (Å²) in [6.45, 7) is 4.63. The maximum Gasteiger partial charge on any atom is 0.0652 e. The lowest BCUT2D eigenvalue weighted by molar-refractivity contribution is 0.178. The van der Waals surface area contributed by atoms with Gasteiger partial charge >= 0.3 is 0 Å². The lowest BCUT2D eigenvalue weighted by atomic mass is 9.93. The molecular weight excluding hydrogens is 222 g/mol. The van der Waals surface area contributed by atoms with Gasteiger partial charge in [0.25, 0.3) is 0 Å². The van der Waals surface area contributed by atoms with Crippen LogP contribution in [0.4, 0.5) is 0 Å². The van der Waals surface area contributed by atoms with E-state index in [-0.39, 0.29) is 6.61 Å². The summed E-state index contributed by atoms with van der Waals surface area (Å²) >= 11 is 5.61. The van der Waals surface area contributed by atoms with Crippen LogP contribution in [0, 0.1) is 0 Å². The molecule has 1 unspecified atom stereocenters. The van der Waals surface area contributed by atoms with E-state index >= 15 is 0 Å². The SMILES string of the molecule is C/C(=C/Cl)CNC(C)(CO)c1ccccc1. The Morgan fingerprint density at radius 1 is 1.44 bits per heavy atom. The second kappa shape index (κ2) is 6.04. The number of hydrogen-bond donors (Lipinski definition) is 2. The largest absolute Gasteiger partial charge is 0.394 e. The number of aliphatic hydroxyl groups excluding tert-OH is 1. The Labute approximate surface area is 102 Å². The van der Waals surface area contributed by atoms with E-state index < -0.39 is 5.54 Å². The third-order valence-corrected chi connectivity index (χ3v) is 3.04. The highest BCUT2D eigenvalue weighted by atomic mass is 35.5. The molecule has 0 amide bonds. The molecule has 0 aromatic heterocycles. The van der Waals surface area contributed by atoms with E-state index in [4.69, 9.17) is 11.6 Å². The lowest BCUT2D eigenvalue weighted by Gasteiger charge is -2.29. The molecule has 0 saturated heterocycles. The van der Waals surface area contributed by atoms with Gasteiger partial charge in [0.1, 0.15) is 0 Å². The van der Waals surface area contributed by atoms with E-state index in [1.807, 2.05) is 44.2 Å². The smallest absolute Gasteiger partial charge is 0.0652 e. The second-order valence-electron chi connectivity index (χ2n) is 4.17. The summed E-state index contributed by atoms with van der Waals surface area (Å²) in [7, 11) is 0. The summed E-state index contributed by atoms with van der Waals surface area (Å²) in [6.07, 6.45) is 0. The Hall–Kier alpha value is -0.830. The third kappa shape index (κ3) is 3.34. The molecule has 1 aromatic carbocycles. The van der Waals surface area contributed by atoms with Crippen LogP contribution in [0.2, 0.25) is 0 Å². The van der Waals surface area contributed by atoms with Crippen LogP contribution in [0.5, 0.6) is 0 Å². The van der Waals surface area contributed by atoms with Gasteiger partial charge in [-0.3, -0.25) is 0 Å². The fourth-order valence-electron chi connectivity index (χ4n) is 1.43. The highest BCUT2D eigenvalue weighted by Gasteiger charge is 2.24. The molecule has 0 fully saturated rings. The predicted octanol–water partition coefficient (Wildman–Crippen LogP) is 2.63. The predicted molar refractivity (Wildman–Crippen MR) is 68.5 cm³/mol. The van der Waals surface area contributed by atoms with E-state index in [2.05, 4.69) is 5.32 Å². The van der Waals surface area contributed by atoms with Crippen molar-refractivity contribution in [3.8, 4) is 0 Å². The molecule has 0 aliphatic rings. The van der Waals surface area contributed by atoms with Crippen molar-refractivity contribution >= 4 is 11.6 Å². The van der Waals surface area contributed by atoms with E-state index in [0.717, 1.165) is 11.1 Å². The number of rotatable bonds is 5. The van der Waals surface area contributed by atoms with Crippen LogP contribution in [0.25, 0.3) is 0 Å². The van der Waals surface area contributed by atoms with Crippen LogP contribution < -0.4 is 5.32 Å². The topological polar surface area (TPSA) is 32.3 Å². The van der Waals surface area contributed by atoms with Gasteiger partial charge in [-0.25, -0.2) is 0 Å². The first-order valence-corrected chi connectivity index (χ1v) is 5.73. The Balaban J connectivity index is 2.78. The summed E-state index contributed by atoms with van der Waals surface area (Å²) in [6, 6.07) is 9.90. The van der Waals surface area contributed by atoms with Crippen molar-refractivity contribution in [2.75, 3.05) is 13.2 Å². The van der Waals surface area contributed by atoms with Gasteiger partial charge < -0.3 is 10.4 Å². The molecule has 0 heterocycles. The molecule has 0 aliphatic carbocycles. The summed E-state index contributed by atoms with van der Waals surface area (Å²) < 4.78 is 0. The van der Waals surface area contributed by atoms with Crippen LogP contribution in [0.1, 0.15) is 19.4 Å². The van der Waals surface area contributed by atoms with Crippen LogP contribution >= 0.6 is 11.6 Å². The maximum atomic E-state index is 9.51. The molecular formula is C13H18ClNO. The molecule has 2 nitrogen and oxygen atoms in total. The van der Waals surface area contributed by atoms with Crippen LogP contribution in [-0.4, -0.2) is 18.3 Å². The molecule has 3 heteroatoms. The van der Waals surface area contributed by atoms with Gasteiger partial charge in [0.2, 0.25) is 0 Å². The van der Waals surface area contributed by atoms with E-state index in [1.165, 1.54) is 0 Å². The zero-order chi connectivity index (χ0) is 12.0. The van der Waals surface area contributed by atoms with Gasteiger partial charge in [0, 0.05) is 12.1 Å². The average Bonchev–Trinajstić information content (AvgIpc) is 2.36. The van der Waals surface area contributed by atoms with Crippen molar-refractivity contribution in [2.45, 2.75) is 19.4 Å². The number of nitrogens with one attached hydrogen (secondary N) is 1. The highest BCUT2D eigenvalue weighted by Crippen LogP contribution is 2.19. The van der Waals surface area contributed by atoms with E-state index in [1.54, 1.807) is 5.54 Å². The minimum atomic E-state index is -0.428. The van der Waals surface area contributed by atoms with E-state index in [9.17, 15) is 5.11 Å². The molecule has 0 spiro atoms. The average molecular weight is 240 g/mol. The van der Waals surface area contributed by atoms with Crippen molar-refractivity contribution in [2.24, 2.45) is 0 Å². The first kappa shape index (κ1) is 13.2. The maximum absolute atomic E-state index is 9.51. The highest BCUT2D eigenvalue weighted by molar-refractivity contribution is 6.25. The first-order valence-electron chi connectivity index (χ1n) is 5.29. The van der Waals surface area contributed by atoms with Crippen molar-refractivity contribution < 1.29 is 5.11 Å². The van der Waals surface area contributed by atoms with Gasteiger partial charge in [-0.2, -0.15) is 0 Å². The van der Waals surface area contributed by atoms with Gasteiger partial charge in [-0.1, -0.05) is 41.9 Å². The number of halogens is 1. The standard InChI is InChI=1S/C13H18ClNO/c1-11(8-14)9-15-13(2,10-16)12-6-4-3-5-7-12/h3-8,15-16H,9-10H2,1-2H3/b11-8-.